The fraction of sp³-hybridized carbons (Fsp3) is 1.00. The van der Waals surface area contributed by atoms with Crippen LogP contribution in [0.5, 0.6) is 0 Å². The van der Waals surface area contributed by atoms with Crippen molar-refractivity contribution in [3.05, 3.63) is 0 Å². The smallest absolute Gasteiger partial charge is 0.171 e. The molecule has 0 aromatic carbocycles. The Morgan fingerprint density at radius 2 is 1.07 bits per heavy atom. The highest BCUT2D eigenvalue weighted by atomic mass is 19.4. The fourth-order valence-electron chi connectivity index (χ4n) is 2.09. The summed E-state index contributed by atoms with van der Waals surface area (Å²) in [6, 6.07) is 0. The quantitative estimate of drug-likeness (QED) is 0.545. The summed E-state index contributed by atoms with van der Waals surface area (Å²) < 4.78 is 73.2. The van der Waals surface area contributed by atoms with Crippen LogP contribution >= 0.6 is 0 Å². The maximum atomic E-state index is 12.2. The van der Waals surface area contributed by atoms with Crippen LogP contribution in [0.4, 0.5) is 26.3 Å². The molecule has 1 aliphatic carbocycles. The SMILES string of the molecule is C[C@H]1C(C(F)(F)F)CC[C@@H]1C(F)(F)F. The summed E-state index contributed by atoms with van der Waals surface area (Å²) in [5.74, 6) is -4.95. The molecule has 6 heteroatoms. The van der Waals surface area contributed by atoms with Gasteiger partial charge in [0.25, 0.3) is 0 Å². The summed E-state index contributed by atoms with van der Waals surface area (Å²) in [5.41, 5.74) is 0. The molecule has 0 bridgehead atoms. The van der Waals surface area contributed by atoms with E-state index < -0.39 is 42.9 Å². The van der Waals surface area contributed by atoms with Crippen molar-refractivity contribution in [3.8, 4) is 0 Å². The third-order valence-corrected chi connectivity index (χ3v) is 2.90. The summed E-state index contributed by atoms with van der Waals surface area (Å²) in [5, 5.41) is 0. The van der Waals surface area contributed by atoms with Gasteiger partial charge in [0.2, 0.25) is 0 Å². The molecule has 1 saturated carbocycles. The number of alkyl halides is 6. The van der Waals surface area contributed by atoms with E-state index in [0.717, 1.165) is 6.92 Å². The van der Waals surface area contributed by atoms with Gasteiger partial charge in [-0.25, -0.2) is 0 Å². The molecule has 0 aromatic rings. The molecule has 0 spiro atoms. The Morgan fingerprint density at radius 3 is 1.21 bits per heavy atom. The maximum absolute atomic E-state index is 12.2. The van der Waals surface area contributed by atoms with E-state index in [2.05, 4.69) is 0 Å². The third kappa shape index (κ3) is 2.15. The van der Waals surface area contributed by atoms with Crippen molar-refractivity contribution in [3.63, 3.8) is 0 Å². The molecule has 0 radical (unpaired) electrons. The Morgan fingerprint density at radius 1 is 0.786 bits per heavy atom. The van der Waals surface area contributed by atoms with Crippen LogP contribution in [0.1, 0.15) is 19.8 Å². The molecule has 0 amide bonds. The van der Waals surface area contributed by atoms with E-state index in [-0.39, 0.29) is 0 Å². The summed E-state index contributed by atoms with van der Waals surface area (Å²) >= 11 is 0. The second-order valence-corrected chi connectivity index (χ2v) is 3.73. The van der Waals surface area contributed by atoms with Gasteiger partial charge in [0, 0.05) is 0 Å². The molecule has 14 heavy (non-hydrogen) atoms. The molecule has 0 N–H and O–H groups in total. The zero-order chi connectivity index (χ0) is 11.1. The van der Waals surface area contributed by atoms with E-state index in [0.29, 0.717) is 0 Å². The van der Waals surface area contributed by atoms with Crippen LogP contribution in [-0.4, -0.2) is 12.4 Å². The highest BCUT2D eigenvalue weighted by molar-refractivity contribution is 4.89. The fourth-order valence-corrected chi connectivity index (χ4v) is 2.09. The molecule has 0 aliphatic heterocycles. The molecule has 0 heterocycles. The van der Waals surface area contributed by atoms with Crippen molar-refractivity contribution >= 4 is 0 Å². The van der Waals surface area contributed by atoms with E-state index in [1.807, 2.05) is 0 Å². The number of hydrogen-bond donors (Lipinski definition) is 0. The minimum absolute atomic E-state index is 0.408. The predicted octanol–water partition coefficient (Wildman–Crippen LogP) is 3.77. The normalized spacial score (nSPS) is 34.9. The van der Waals surface area contributed by atoms with Crippen LogP contribution in [0.15, 0.2) is 0 Å². The van der Waals surface area contributed by atoms with Gasteiger partial charge in [-0.3, -0.25) is 0 Å². The Balaban J connectivity index is 2.75. The second kappa shape index (κ2) is 3.31. The summed E-state index contributed by atoms with van der Waals surface area (Å²) in [6.07, 6.45) is -9.82. The second-order valence-electron chi connectivity index (χ2n) is 3.73. The van der Waals surface area contributed by atoms with Crippen molar-refractivity contribution in [2.24, 2.45) is 17.8 Å². The van der Waals surface area contributed by atoms with Gasteiger partial charge in [0.15, 0.2) is 0 Å². The maximum Gasteiger partial charge on any atom is 0.392 e. The standard InChI is InChI=1S/C8H10F6/c1-4-5(7(9,10)11)2-3-6(4)8(12,13)14/h4-6H,2-3H2,1H3/t4-,5+,6?/m1/s1. The number of rotatable bonds is 0. The summed E-state index contributed by atoms with van der Waals surface area (Å²) in [6.45, 7) is 1.03. The van der Waals surface area contributed by atoms with Gasteiger partial charge < -0.3 is 0 Å². The molecule has 1 unspecified atom stereocenters. The third-order valence-electron chi connectivity index (χ3n) is 2.90. The first-order valence-electron chi connectivity index (χ1n) is 4.27. The van der Waals surface area contributed by atoms with Crippen molar-refractivity contribution in [1.82, 2.24) is 0 Å². The lowest BCUT2D eigenvalue weighted by molar-refractivity contribution is -0.209. The van der Waals surface area contributed by atoms with E-state index in [1.165, 1.54) is 0 Å². The molecule has 1 fully saturated rings. The molecule has 84 valence electrons. The first-order chi connectivity index (χ1) is 6.14. The number of hydrogen-bond acceptors (Lipinski definition) is 0. The first-order valence-corrected chi connectivity index (χ1v) is 4.27. The topological polar surface area (TPSA) is 0 Å². The van der Waals surface area contributed by atoms with Crippen LogP contribution in [0.2, 0.25) is 0 Å². The van der Waals surface area contributed by atoms with Gasteiger partial charge in [0.1, 0.15) is 0 Å². The Hall–Kier alpha value is -0.420. The zero-order valence-corrected chi connectivity index (χ0v) is 7.41. The Kier molecular flexibility index (Phi) is 2.75. The van der Waals surface area contributed by atoms with Crippen LogP contribution in [0.3, 0.4) is 0 Å². The van der Waals surface area contributed by atoms with Crippen molar-refractivity contribution in [2.45, 2.75) is 32.1 Å². The summed E-state index contributed by atoms with van der Waals surface area (Å²) in [7, 11) is 0. The lowest BCUT2D eigenvalue weighted by Gasteiger charge is -2.24. The van der Waals surface area contributed by atoms with Crippen LogP contribution in [0, 0.1) is 17.8 Å². The monoisotopic (exact) mass is 220 g/mol. The van der Waals surface area contributed by atoms with Gasteiger partial charge in [0.05, 0.1) is 11.8 Å². The molecule has 3 atom stereocenters. The molecule has 0 aromatic heterocycles. The molecule has 0 saturated heterocycles. The van der Waals surface area contributed by atoms with Crippen LogP contribution in [-0.2, 0) is 0 Å². The van der Waals surface area contributed by atoms with Gasteiger partial charge in [-0.1, -0.05) is 6.92 Å². The average Bonchev–Trinajstić information content (AvgIpc) is 2.26. The highest BCUT2D eigenvalue weighted by Gasteiger charge is 2.56. The van der Waals surface area contributed by atoms with Gasteiger partial charge in [-0.15, -0.1) is 0 Å². The predicted molar refractivity (Wildman–Crippen MR) is 37.5 cm³/mol. The molecular formula is C8H10F6. The molecular weight excluding hydrogens is 210 g/mol. The molecule has 1 aliphatic rings. The minimum Gasteiger partial charge on any atom is -0.171 e. The molecule has 0 nitrogen and oxygen atoms in total. The van der Waals surface area contributed by atoms with E-state index >= 15 is 0 Å². The number of halogens is 6. The zero-order valence-electron chi connectivity index (χ0n) is 7.41. The van der Waals surface area contributed by atoms with E-state index in [1.54, 1.807) is 0 Å². The lowest BCUT2D eigenvalue weighted by atomic mass is 9.90. The van der Waals surface area contributed by atoms with Crippen molar-refractivity contribution in [2.75, 3.05) is 0 Å². The van der Waals surface area contributed by atoms with E-state index in [4.69, 9.17) is 0 Å². The van der Waals surface area contributed by atoms with Crippen molar-refractivity contribution in [1.29, 1.82) is 0 Å². The van der Waals surface area contributed by atoms with Crippen LogP contribution < -0.4 is 0 Å². The highest BCUT2D eigenvalue weighted by Crippen LogP contribution is 2.51. The first kappa shape index (κ1) is 11.7. The minimum atomic E-state index is -4.50. The lowest BCUT2D eigenvalue weighted by Crippen LogP contribution is -2.32. The summed E-state index contributed by atoms with van der Waals surface area (Å²) in [4.78, 5) is 0. The van der Waals surface area contributed by atoms with Crippen LogP contribution in [0.25, 0.3) is 0 Å². The van der Waals surface area contributed by atoms with E-state index in [9.17, 15) is 26.3 Å². The molecule has 1 rings (SSSR count). The average molecular weight is 220 g/mol. The van der Waals surface area contributed by atoms with Gasteiger partial charge in [-0.2, -0.15) is 26.3 Å². The van der Waals surface area contributed by atoms with Gasteiger partial charge in [-0.05, 0) is 18.8 Å². The Bertz CT molecular complexity index is 181. The van der Waals surface area contributed by atoms with Crippen molar-refractivity contribution < 1.29 is 26.3 Å². The Labute approximate surface area is 77.3 Å². The largest absolute Gasteiger partial charge is 0.392 e. The van der Waals surface area contributed by atoms with Gasteiger partial charge >= 0.3 is 12.4 Å².